The largest absolute Gasteiger partial charge is 0.489 e. The molecule has 1 amide bonds. The molecule has 2 atom stereocenters. The SMILES string of the molecule is COc1nc(-c2cccc(-c3cccc4c3cnn4Cc3cc(OCc4cncc(C#N)c4)c(CNC(CO)C(=O)O)cc3Cl)c2Cl)ccc1CNCC1CCC(=O)N1. The van der Waals surface area contributed by atoms with E-state index in [1.807, 2.05) is 53.2 Å². The van der Waals surface area contributed by atoms with Crippen LogP contribution in [-0.4, -0.2) is 74.2 Å². The molecule has 1 aliphatic rings. The Morgan fingerprint density at radius 1 is 1.03 bits per heavy atom. The molecule has 1 saturated heterocycles. The second-order valence-electron chi connectivity index (χ2n) is 14.0. The van der Waals surface area contributed by atoms with E-state index < -0.39 is 18.6 Å². The number of carboxylic acids is 1. The Hall–Kier alpha value is -6.08. The molecule has 1 fully saturated rings. The molecule has 0 bridgehead atoms. The van der Waals surface area contributed by atoms with Crippen LogP contribution in [0.1, 0.15) is 40.7 Å². The Labute approximate surface area is 349 Å². The summed E-state index contributed by atoms with van der Waals surface area (Å²) in [4.78, 5) is 32.1. The van der Waals surface area contributed by atoms with E-state index >= 15 is 0 Å². The van der Waals surface area contributed by atoms with Crippen LogP contribution in [0.3, 0.4) is 0 Å². The number of fused-ring (bicyclic) bond motifs is 1. The molecule has 1 aliphatic heterocycles. The van der Waals surface area contributed by atoms with Crippen molar-refractivity contribution in [3.05, 3.63) is 123 Å². The van der Waals surface area contributed by atoms with Gasteiger partial charge in [-0.15, -0.1) is 0 Å². The summed E-state index contributed by atoms with van der Waals surface area (Å²) >= 11 is 14.0. The number of carbonyl (C=O) groups is 2. The van der Waals surface area contributed by atoms with E-state index in [-0.39, 0.29) is 31.6 Å². The molecule has 7 rings (SSSR count). The lowest BCUT2D eigenvalue weighted by molar-refractivity contribution is -0.140. The maximum atomic E-state index is 11.6. The number of aliphatic hydroxyl groups is 1. The third-order valence-electron chi connectivity index (χ3n) is 10.1. The van der Waals surface area contributed by atoms with Crippen molar-refractivity contribution >= 4 is 46.0 Å². The van der Waals surface area contributed by atoms with Gasteiger partial charge in [0.2, 0.25) is 11.8 Å². The van der Waals surface area contributed by atoms with Crippen molar-refractivity contribution < 1.29 is 29.3 Å². The van der Waals surface area contributed by atoms with Gasteiger partial charge in [0.15, 0.2) is 0 Å². The van der Waals surface area contributed by atoms with Gasteiger partial charge in [0.25, 0.3) is 0 Å². The maximum absolute atomic E-state index is 11.6. The van der Waals surface area contributed by atoms with E-state index in [1.165, 1.54) is 6.20 Å². The van der Waals surface area contributed by atoms with Gasteiger partial charge < -0.3 is 30.3 Å². The molecule has 0 saturated carbocycles. The number of ether oxygens (including phenoxy) is 2. The highest BCUT2D eigenvalue weighted by Gasteiger charge is 2.22. The van der Waals surface area contributed by atoms with Crippen molar-refractivity contribution in [3.8, 4) is 40.1 Å². The molecule has 14 nitrogen and oxygen atoms in total. The summed E-state index contributed by atoms with van der Waals surface area (Å²) in [6.07, 6.45) is 6.21. The fraction of sp³-hybridized carbons (Fsp3) is 0.256. The van der Waals surface area contributed by atoms with Gasteiger partial charge in [-0.05, 0) is 47.9 Å². The van der Waals surface area contributed by atoms with Crippen LogP contribution in [0.2, 0.25) is 10.0 Å². The zero-order valence-electron chi connectivity index (χ0n) is 31.9. The zero-order valence-corrected chi connectivity index (χ0v) is 33.4. The third kappa shape index (κ3) is 9.46. The predicted octanol–water partition coefficient (Wildman–Crippen LogP) is 5.88. The minimum atomic E-state index is -1.20. The van der Waals surface area contributed by atoms with Crippen molar-refractivity contribution in [1.82, 2.24) is 35.7 Å². The first kappa shape index (κ1) is 41.1. The highest BCUT2D eigenvalue weighted by Crippen LogP contribution is 2.40. The Bertz CT molecular complexity index is 2560. The van der Waals surface area contributed by atoms with Crippen molar-refractivity contribution in [3.63, 3.8) is 0 Å². The Morgan fingerprint density at radius 2 is 1.85 bits per heavy atom. The van der Waals surface area contributed by atoms with E-state index in [1.54, 1.807) is 37.7 Å². The highest BCUT2D eigenvalue weighted by molar-refractivity contribution is 6.36. The molecule has 3 aromatic heterocycles. The summed E-state index contributed by atoms with van der Waals surface area (Å²) in [6, 6.07) is 21.7. The van der Waals surface area contributed by atoms with Gasteiger partial charge >= 0.3 is 5.97 Å². The molecule has 4 heterocycles. The number of hydrogen-bond acceptors (Lipinski definition) is 11. The van der Waals surface area contributed by atoms with Crippen LogP contribution in [0.5, 0.6) is 11.6 Å². The number of aliphatic carboxylic acids is 1. The van der Waals surface area contributed by atoms with Crippen molar-refractivity contribution in [2.75, 3.05) is 20.3 Å². The summed E-state index contributed by atoms with van der Waals surface area (Å²) in [6.45, 7) is 0.970. The molecule has 16 heteroatoms. The summed E-state index contributed by atoms with van der Waals surface area (Å²) in [5.74, 6) is -0.210. The van der Waals surface area contributed by atoms with E-state index in [0.717, 1.165) is 39.6 Å². The van der Waals surface area contributed by atoms with Crippen LogP contribution >= 0.6 is 23.2 Å². The fourth-order valence-corrected chi connectivity index (χ4v) is 7.56. The zero-order chi connectivity index (χ0) is 41.5. The van der Waals surface area contributed by atoms with E-state index in [2.05, 4.69) is 27.0 Å². The Balaban J connectivity index is 1.14. The first-order valence-electron chi connectivity index (χ1n) is 18.8. The number of nitrogens with zero attached hydrogens (tertiary/aromatic N) is 5. The number of rotatable bonds is 17. The number of methoxy groups -OCH3 is 1. The van der Waals surface area contributed by atoms with Crippen LogP contribution in [0.4, 0.5) is 0 Å². The lowest BCUT2D eigenvalue weighted by Gasteiger charge is -2.18. The number of aromatic nitrogens is 4. The molecule has 2 unspecified atom stereocenters. The standard InChI is InChI=1S/C43H40Cl2N8O6/c1-58-42-27(18-48-20-30-9-11-40(55)51-30)8-10-36(52-42)33-6-2-5-32(41(33)45)31-4-3-7-38-34(31)21-50-53(38)22-29-14-39(59-24-26-12-25(15-46)16-47-17-26)28(13-35(29)44)19-49-37(23-54)43(56)57/h2-8,10,12-14,16-17,21,30,37,48-49,54H,9,11,18-20,22-24H2,1H3,(H,51,55)(H,56,57). The average Bonchev–Trinajstić information content (AvgIpc) is 3.86. The summed E-state index contributed by atoms with van der Waals surface area (Å²) in [7, 11) is 1.58. The van der Waals surface area contributed by atoms with E-state index in [0.29, 0.717) is 69.1 Å². The maximum Gasteiger partial charge on any atom is 0.323 e. The first-order chi connectivity index (χ1) is 28.6. The summed E-state index contributed by atoms with van der Waals surface area (Å²) < 4.78 is 13.7. The quantitative estimate of drug-likeness (QED) is 0.0734. The second kappa shape index (κ2) is 18.7. The van der Waals surface area contributed by atoms with Crippen molar-refractivity contribution in [2.24, 2.45) is 0 Å². The van der Waals surface area contributed by atoms with Crippen LogP contribution in [0.15, 0.2) is 85.3 Å². The molecule has 59 heavy (non-hydrogen) atoms. The topological polar surface area (TPSA) is 197 Å². The number of carbonyl (C=O) groups excluding carboxylic acids is 1. The lowest BCUT2D eigenvalue weighted by Crippen LogP contribution is -2.39. The molecule has 3 aromatic carbocycles. The van der Waals surface area contributed by atoms with Crippen LogP contribution in [0.25, 0.3) is 33.3 Å². The summed E-state index contributed by atoms with van der Waals surface area (Å²) in [5, 5.41) is 44.1. The van der Waals surface area contributed by atoms with Crippen LogP contribution in [-0.2, 0) is 35.8 Å². The number of halogens is 2. The normalized spacial score (nSPS) is 14.2. The lowest BCUT2D eigenvalue weighted by atomic mass is 9.98. The number of nitrogens with one attached hydrogen (secondary N) is 3. The minimum Gasteiger partial charge on any atom is -0.489 e. The summed E-state index contributed by atoms with van der Waals surface area (Å²) in [5.41, 5.74) is 7.06. The predicted molar refractivity (Wildman–Crippen MR) is 222 cm³/mol. The number of hydrogen-bond donors (Lipinski definition) is 5. The van der Waals surface area contributed by atoms with E-state index in [9.17, 15) is 25.1 Å². The van der Waals surface area contributed by atoms with Gasteiger partial charge in [0.1, 0.15) is 24.5 Å². The first-order valence-corrected chi connectivity index (χ1v) is 19.5. The van der Waals surface area contributed by atoms with Gasteiger partial charge in [-0.1, -0.05) is 59.6 Å². The highest BCUT2D eigenvalue weighted by atomic mass is 35.5. The van der Waals surface area contributed by atoms with Gasteiger partial charge in [-0.25, -0.2) is 4.98 Å². The number of pyridine rings is 2. The Kier molecular flexibility index (Phi) is 13.0. The van der Waals surface area contributed by atoms with Gasteiger partial charge in [-0.3, -0.25) is 24.6 Å². The van der Waals surface area contributed by atoms with Gasteiger partial charge in [-0.2, -0.15) is 10.4 Å². The second-order valence-corrected chi connectivity index (χ2v) is 14.8. The number of amides is 1. The van der Waals surface area contributed by atoms with Crippen LogP contribution in [0, 0.1) is 11.3 Å². The van der Waals surface area contributed by atoms with Gasteiger partial charge in [0.05, 0.1) is 48.3 Å². The smallest absolute Gasteiger partial charge is 0.323 e. The Morgan fingerprint density at radius 3 is 2.61 bits per heavy atom. The average molecular weight is 836 g/mol. The molecule has 0 spiro atoms. The molecule has 0 radical (unpaired) electrons. The molecular formula is C43H40Cl2N8O6. The molecule has 302 valence electrons. The van der Waals surface area contributed by atoms with Gasteiger partial charge in [0, 0.05) is 82.7 Å². The van der Waals surface area contributed by atoms with E-state index in [4.69, 9.17) is 42.8 Å². The molecular weight excluding hydrogens is 795 g/mol. The van der Waals surface area contributed by atoms with Crippen molar-refractivity contribution in [2.45, 2.75) is 51.2 Å². The minimum absolute atomic E-state index is 0.0449. The number of carboxylic acid groups (broad SMARTS) is 1. The molecule has 6 aromatic rings. The molecule has 0 aliphatic carbocycles. The monoisotopic (exact) mass is 834 g/mol. The number of aliphatic hydroxyl groups excluding tert-OH is 1. The van der Waals surface area contributed by atoms with Crippen LogP contribution < -0.4 is 25.4 Å². The number of benzene rings is 3. The fourth-order valence-electron chi connectivity index (χ4n) is 6.99. The number of nitriles is 1. The third-order valence-corrected chi connectivity index (χ3v) is 10.8. The van der Waals surface area contributed by atoms with Crippen molar-refractivity contribution in [1.29, 1.82) is 5.26 Å². The molecule has 5 N–H and O–H groups in total.